The molecule has 1 aromatic carbocycles. The maximum absolute atomic E-state index is 12.0. The lowest BCUT2D eigenvalue weighted by Crippen LogP contribution is -2.32. The van der Waals surface area contributed by atoms with Gasteiger partial charge in [-0.1, -0.05) is 24.3 Å². The van der Waals surface area contributed by atoms with Crippen molar-refractivity contribution in [3.8, 4) is 0 Å². The van der Waals surface area contributed by atoms with Gasteiger partial charge in [0.1, 0.15) is 0 Å². The Hall–Kier alpha value is -2.14. The summed E-state index contributed by atoms with van der Waals surface area (Å²) in [7, 11) is 0. The van der Waals surface area contributed by atoms with Crippen LogP contribution in [0.15, 0.2) is 41.1 Å². The number of hydrogen-bond acceptors (Lipinski definition) is 3. The molecule has 3 rings (SSSR count). The summed E-state index contributed by atoms with van der Waals surface area (Å²) in [5.41, 5.74) is 3.19. The first-order chi connectivity index (χ1) is 10.7. The third-order valence-electron chi connectivity index (χ3n) is 3.89. The Balaban J connectivity index is 1.45. The van der Waals surface area contributed by atoms with E-state index in [9.17, 15) is 9.59 Å². The molecule has 0 saturated carbocycles. The topological polar surface area (TPSA) is 58.2 Å². The average Bonchev–Trinajstić information content (AvgIpc) is 3.17. The fourth-order valence-electron chi connectivity index (χ4n) is 2.76. The molecule has 1 aromatic heterocycles. The first-order valence-electron chi connectivity index (χ1n) is 7.41. The van der Waals surface area contributed by atoms with E-state index in [1.54, 1.807) is 11.4 Å². The van der Waals surface area contributed by atoms with Crippen molar-refractivity contribution in [1.82, 2.24) is 10.6 Å². The van der Waals surface area contributed by atoms with Gasteiger partial charge in [-0.3, -0.25) is 9.59 Å². The third kappa shape index (κ3) is 3.36. The Labute approximate surface area is 133 Å². The van der Waals surface area contributed by atoms with Crippen molar-refractivity contribution in [2.24, 2.45) is 0 Å². The van der Waals surface area contributed by atoms with Crippen molar-refractivity contribution in [2.45, 2.75) is 25.3 Å². The first-order valence-corrected chi connectivity index (χ1v) is 8.36. The maximum Gasteiger partial charge on any atom is 0.252 e. The fourth-order valence-corrected chi connectivity index (χ4v) is 3.39. The van der Waals surface area contributed by atoms with Crippen molar-refractivity contribution in [3.63, 3.8) is 0 Å². The van der Waals surface area contributed by atoms with Crippen molar-refractivity contribution >= 4 is 23.2 Å². The predicted octanol–water partition coefficient (Wildman–Crippen LogP) is 2.67. The summed E-state index contributed by atoms with van der Waals surface area (Å²) < 4.78 is 0. The highest BCUT2D eigenvalue weighted by molar-refractivity contribution is 7.08. The molecule has 0 saturated heterocycles. The van der Waals surface area contributed by atoms with Crippen LogP contribution in [0.25, 0.3) is 0 Å². The molecule has 0 spiro atoms. The summed E-state index contributed by atoms with van der Waals surface area (Å²) in [5.74, 6) is -0.146. The second-order valence-electron chi connectivity index (χ2n) is 5.38. The number of hydrogen-bond donors (Lipinski definition) is 2. The zero-order chi connectivity index (χ0) is 15.4. The van der Waals surface area contributed by atoms with Gasteiger partial charge in [-0.05, 0) is 35.4 Å². The van der Waals surface area contributed by atoms with Crippen LogP contribution in [0.4, 0.5) is 0 Å². The van der Waals surface area contributed by atoms with Crippen LogP contribution in [0, 0.1) is 0 Å². The summed E-state index contributed by atoms with van der Waals surface area (Å²) in [6, 6.07) is 10.1. The molecule has 2 aromatic rings. The summed E-state index contributed by atoms with van der Waals surface area (Å²) in [5, 5.41) is 9.48. The minimum atomic E-state index is -0.125. The number of aryl methyl sites for hydroxylation is 1. The van der Waals surface area contributed by atoms with Gasteiger partial charge in [0, 0.05) is 23.9 Å². The molecule has 1 atom stereocenters. The second kappa shape index (κ2) is 6.75. The highest BCUT2D eigenvalue weighted by atomic mass is 32.1. The fraction of sp³-hybridized carbons (Fsp3) is 0.294. The van der Waals surface area contributed by atoms with Gasteiger partial charge in [0.2, 0.25) is 5.91 Å². The van der Waals surface area contributed by atoms with Crippen LogP contribution in [0.5, 0.6) is 0 Å². The maximum atomic E-state index is 12.0. The molecule has 0 bridgehead atoms. The average molecular weight is 314 g/mol. The molecular weight excluding hydrogens is 296 g/mol. The van der Waals surface area contributed by atoms with E-state index < -0.39 is 0 Å². The summed E-state index contributed by atoms with van der Waals surface area (Å²) in [6.07, 6.45) is 2.26. The van der Waals surface area contributed by atoms with Crippen LogP contribution >= 0.6 is 11.3 Å². The predicted molar refractivity (Wildman–Crippen MR) is 86.9 cm³/mol. The lowest BCUT2D eigenvalue weighted by molar-refractivity contribution is -0.121. The summed E-state index contributed by atoms with van der Waals surface area (Å²) in [4.78, 5) is 23.8. The Morgan fingerprint density at radius 1 is 1.23 bits per heavy atom. The van der Waals surface area contributed by atoms with Crippen LogP contribution in [0.2, 0.25) is 0 Å². The van der Waals surface area contributed by atoms with Crippen molar-refractivity contribution in [3.05, 3.63) is 57.8 Å². The molecule has 1 heterocycles. The Morgan fingerprint density at radius 2 is 2.09 bits per heavy atom. The Morgan fingerprint density at radius 3 is 2.91 bits per heavy atom. The highest BCUT2D eigenvalue weighted by Gasteiger charge is 2.23. The molecule has 1 aliphatic carbocycles. The Bertz CT molecular complexity index is 667. The van der Waals surface area contributed by atoms with Gasteiger partial charge in [-0.25, -0.2) is 0 Å². The van der Waals surface area contributed by atoms with E-state index in [0.29, 0.717) is 18.5 Å². The van der Waals surface area contributed by atoms with Gasteiger partial charge in [-0.2, -0.15) is 11.3 Å². The van der Waals surface area contributed by atoms with Crippen LogP contribution in [0.3, 0.4) is 0 Å². The van der Waals surface area contributed by atoms with Crippen LogP contribution < -0.4 is 10.6 Å². The monoisotopic (exact) mass is 314 g/mol. The molecule has 0 fully saturated rings. The van der Waals surface area contributed by atoms with Gasteiger partial charge >= 0.3 is 0 Å². The molecule has 1 aliphatic rings. The molecule has 114 valence electrons. The van der Waals surface area contributed by atoms with E-state index >= 15 is 0 Å². The lowest BCUT2D eigenvalue weighted by Gasteiger charge is -2.14. The number of carbonyl (C=O) groups is 2. The van der Waals surface area contributed by atoms with Gasteiger partial charge in [-0.15, -0.1) is 0 Å². The number of carbonyl (C=O) groups excluding carboxylic acids is 2. The van der Waals surface area contributed by atoms with Crippen molar-refractivity contribution in [1.29, 1.82) is 0 Å². The molecule has 0 aliphatic heterocycles. The molecule has 2 N–H and O–H groups in total. The molecule has 0 radical (unpaired) electrons. The molecule has 4 nitrogen and oxygen atoms in total. The standard InChI is InChI=1S/C17H18N2O2S/c20-16(7-9-18-17(21)13-8-10-22-11-13)19-15-6-5-12-3-1-2-4-14(12)15/h1-4,8,10-11,15H,5-7,9H2,(H,18,21)(H,19,20). The quantitative estimate of drug-likeness (QED) is 0.891. The number of amides is 2. The normalized spacial score (nSPS) is 16.1. The zero-order valence-electron chi connectivity index (χ0n) is 12.2. The van der Waals surface area contributed by atoms with Crippen molar-refractivity contribution < 1.29 is 9.59 Å². The van der Waals surface area contributed by atoms with Crippen LogP contribution in [0.1, 0.15) is 40.4 Å². The summed E-state index contributed by atoms with van der Waals surface area (Å²) >= 11 is 1.48. The number of rotatable bonds is 5. The van der Waals surface area contributed by atoms with Gasteiger partial charge in [0.25, 0.3) is 5.91 Å². The number of thiophene rings is 1. The molecule has 2 amide bonds. The minimum absolute atomic E-state index is 0.0210. The van der Waals surface area contributed by atoms with Gasteiger partial charge in [0.15, 0.2) is 0 Å². The Kier molecular flexibility index (Phi) is 4.53. The SMILES string of the molecule is O=C(CCNC(=O)c1ccsc1)NC1CCc2ccccc21. The highest BCUT2D eigenvalue weighted by Crippen LogP contribution is 2.30. The van der Waals surface area contributed by atoms with Crippen LogP contribution in [-0.2, 0) is 11.2 Å². The van der Waals surface area contributed by atoms with Gasteiger partial charge < -0.3 is 10.6 Å². The largest absolute Gasteiger partial charge is 0.351 e. The zero-order valence-corrected chi connectivity index (χ0v) is 13.0. The first kappa shape index (κ1) is 14.8. The van der Waals surface area contributed by atoms with Gasteiger partial charge in [0.05, 0.1) is 6.04 Å². The van der Waals surface area contributed by atoms with E-state index in [2.05, 4.69) is 22.8 Å². The van der Waals surface area contributed by atoms with Crippen molar-refractivity contribution in [2.75, 3.05) is 6.54 Å². The number of fused-ring (bicyclic) bond motifs is 1. The van der Waals surface area contributed by atoms with Crippen LogP contribution in [-0.4, -0.2) is 18.4 Å². The van der Waals surface area contributed by atoms with E-state index in [0.717, 1.165) is 12.8 Å². The third-order valence-corrected chi connectivity index (χ3v) is 4.57. The van der Waals surface area contributed by atoms with E-state index in [1.807, 2.05) is 17.5 Å². The number of nitrogens with one attached hydrogen (secondary N) is 2. The summed E-state index contributed by atoms with van der Waals surface area (Å²) in [6.45, 7) is 0.356. The molecule has 5 heteroatoms. The molecular formula is C17H18N2O2S. The lowest BCUT2D eigenvalue weighted by atomic mass is 10.1. The minimum Gasteiger partial charge on any atom is -0.351 e. The van der Waals surface area contributed by atoms with E-state index in [1.165, 1.54) is 22.5 Å². The molecule has 22 heavy (non-hydrogen) atoms. The smallest absolute Gasteiger partial charge is 0.252 e. The second-order valence-corrected chi connectivity index (χ2v) is 6.16. The molecule has 1 unspecified atom stereocenters. The van der Waals surface area contributed by atoms with E-state index in [-0.39, 0.29) is 17.9 Å². The van der Waals surface area contributed by atoms with E-state index in [4.69, 9.17) is 0 Å². The number of benzene rings is 1.